The number of H-pyrrole nitrogens is 1. The predicted octanol–water partition coefficient (Wildman–Crippen LogP) is 4.56. The van der Waals surface area contributed by atoms with Crippen molar-refractivity contribution in [3.63, 3.8) is 0 Å². The lowest BCUT2D eigenvalue weighted by atomic mass is 10.1. The molecule has 1 N–H and O–H groups in total. The van der Waals surface area contributed by atoms with Crippen molar-refractivity contribution >= 4 is 16.8 Å². The van der Waals surface area contributed by atoms with Crippen LogP contribution in [0.5, 0.6) is 11.5 Å². The number of nitrogens with zero attached hydrogens (tertiary/aromatic N) is 1. The van der Waals surface area contributed by atoms with Crippen LogP contribution in [0, 0.1) is 0 Å². The van der Waals surface area contributed by atoms with Gasteiger partial charge in [-0.2, -0.15) is 0 Å². The van der Waals surface area contributed by atoms with Crippen LogP contribution in [-0.2, 0) is 17.8 Å². The molecule has 1 heterocycles. The Morgan fingerprint density at radius 1 is 1.07 bits per heavy atom. The van der Waals surface area contributed by atoms with Gasteiger partial charge < -0.3 is 19.4 Å². The highest BCUT2D eigenvalue weighted by Crippen LogP contribution is 2.28. The molecule has 2 aromatic carbocycles. The summed E-state index contributed by atoms with van der Waals surface area (Å²) in [6.07, 6.45) is 4.32. The molecule has 0 aliphatic heterocycles. The zero-order valence-corrected chi connectivity index (χ0v) is 16.8. The molecule has 0 fully saturated rings. The van der Waals surface area contributed by atoms with Crippen molar-refractivity contribution in [3.05, 3.63) is 59.8 Å². The van der Waals surface area contributed by atoms with E-state index in [4.69, 9.17) is 9.47 Å². The summed E-state index contributed by atoms with van der Waals surface area (Å²) in [7, 11) is 3.24. The van der Waals surface area contributed by atoms with Crippen molar-refractivity contribution in [2.75, 3.05) is 20.8 Å². The van der Waals surface area contributed by atoms with Crippen molar-refractivity contribution in [2.45, 2.75) is 32.7 Å². The minimum atomic E-state index is 0.178. The molecule has 0 bridgehead atoms. The zero-order chi connectivity index (χ0) is 19.9. The second kappa shape index (κ2) is 9.31. The van der Waals surface area contributed by atoms with Crippen LogP contribution in [0.2, 0.25) is 0 Å². The summed E-state index contributed by atoms with van der Waals surface area (Å²) in [5, 5.41) is 1.24. The van der Waals surface area contributed by atoms with E-state index >= 15 is 0 Å². The van der Waals surface area contributed by atoms with E-state index in [1.807, 2.05) is 42.2 Å². The summed E-state index contributed by atoms with van der Waals surface area (Å²) in [5.41, 5.74) is 3.45. The molecule has 1 aromatic heterocycles. The normalized spacial score (nSPS) is 10.8. The fraction of sp³-hybridized carbons (Fsp3) is 0.348. The molecule has 0 atom stereocenters. The smallest absolute Gasteiger partial charge is 0.222 e. The molecule has 5 heteroatoms. The van der Waals surface area contributed by atoms with Crippen LogP contribution in [0.3, 0.4) is 0 Å². The Morgan fingerprint density at radius 2 is 1.86 bits per heavy atom. The Hall–Kier alpha value is -2.95. The first-order valence-electron chi connectivity index (χ1n) is 9.70. The Labute approximate surface area is 166 Å². The number of amides is 1. The topological polar surface area (TPSA) is 54.6 Å². The lowest BCUT2D eigenvalue weighted by Crippen LogP contribution is -2.30. The first-order valence-corrected chi connectivity index (χ1v) is 9.70. The Balaban J connectivity index is 1.57. The standard InChI is InChI=1S/C23H28N2O3/c1-4-25(16-17-12-13-21(27-2)22(14-17)28-3)23(26)11-7-8-18-15-24-20-10-6-5-9-19(18)20/h5-6,9-10,12-15,24H,4,7-8,11,16H2,1-3H3. The number of methoxy groups -OCH3 is 2. The maximum absolute atomic E-state index is 12.7. The first-order chi connectivity index (χ1) is 13.7. The van der Waals surface area contributed by atoms with Crippen LogP contribution in [0.4, 0.5) is 0 Å². The highest BCUT2D eigenvalue weighted by atomic mass is 16.5. The predicted molar refractivity (Wildman–Crippen MR) is 112 cm³/mol. The number of carbonyl (C=O) groups is 1. The third-order valence-electron chi connectivity index (χ3n) is 5.07. The van der Waals surface area contributed by atoms with E-state index in [2.05, 4.69) is 23.3 Å². The Kier molecular flexibility index (Phi) is 6.58. The number of hydrogen-bond donors (Lipinski definition) is 1. The summed E-state index contributed by atoms with van der Waals surface area (Å²) < 4.78 is 10.6. The fourth-order valence-corrected chi connectivity index (χ4v) is 3.50. The highest BCUT2D eigenvalue weighted by molar-refractivity contribution is 5.83. The van der Waals surface area contributed by atoms with E-state index in [9.17, 15) is 4.79 Å². The van der Waals surface area contributed by atoms with Crippen molar-refractivity contribution in [3.8, 4) is 11.5 Å². The van der Waals surface area contributed by atoms with Gasteiger partial charge in [0.1, 0.15) is 0 Å². The van der Waals surface area contributed by atoms with E-state index < -0.39 is 0 Å². The van der Waals surface area contributed by atoms with Crippen molar-refractivity contribution in [1.82, 2.24) is 9.88 Å². The number of aromatic amines is 1. The molecule has 0 aliphatic rings. The molecular weight excluding hydrogens is 352 g/mol. The fourth-order valence-electron chi connectivity index (χ4n) is 3.50. The number of carbonyl (C=O) groups excluding carboxylic acids is 1. The lowest BCUT2D eigenvalue weighted by Gasteiger charge is -2.21. The van der Waals surface area contributed by atoms with Crippen molar-refractivity contribution in [1.29, 1.82) is 0 Å². The van der Waals surface area contributed by atoms with E-state index in [1.165, 1.54) is 10.9 Å². The number of aryl methyl sites for hydroxylation is 1. The number of benzene rings is 2. The molecule has 0 saturated heterocycles. The molecule has 1 amide bonds. The molecule has 28 heavy (non-hydrogen) atoms. The summed E-state index contributed by atoms with van der Waals surface area (Å²) >= 11 is 0. The highest BCUT2D eigenvalue weighted by Gasteiger charge is 2.14. The third kappa shape index (κ3) is 4.47. The van der Waals surface area contributed by atoms with E-state index in [0.717, 1.165) is 23.9 Å². The number of fused-ring (bicyclic) bond motifs is 1. The van der Waals surface area contributed by atoms with Gasteiger partial charge in [-0.25, -0.2) is 0 Å². The molecule has 0 saturated carbocycles. The van der Waals surface area contributed by atoms with Crippen molar-refractivity contribution in [2.24, 2.45) is 0 Å². The first kappa shape index (κ1) is 19.8. The van der Waals surface area contributed by atoms with Crippen LogP contribution in [0.15, 0.2) is 48.7 Å². The van der Waals surface area contributed by atoms with Gasteiger partial charge in [-0.1, -0.05) is 24.3 Å². The third-order valence-corrected chi connectivity index (χ3v) is 5.07. The molecule has 0 spiro atoms. The average Bonchev–Trinajstić information content (AvgIpc) is 3.14. The number of nitrogens with one attached hydrogen (secondary N) is 1. The van der Waals surface area contributed by atoms with Crippen molar-refractivity contribution < 1.29 is 14.3 Å². The van der Waals surface area contributed by atoms with E-state index in [-0.39, 0.29) is 5.91 Å². The maximum Gasteiger partial charge on any atom is 0.222 e. The minimum absolute atomic E-state index is 0.178. The van der Waals surface area contributed by atoms with Crippen LogP contribution >= 0.6 is 0 Å². The summed E-state index contributed by atoms with van der Waals surface area (Å²) in [6.45, 7) is 3.27. The van der Waals surface area contributed by atoms with Crippen LogP contribution in [-0.4, -0.2) is 36.6 Å². The van der Waals surface area contributed by atoms with Gasteiger partial charge in [-0.3, -0.25) is 4.79 Å². The molecular formula is C23H28N2O3. The molecule has 0 aliphatic carbocycles. The molecule has 148 valence electrons. The van der Waals surface area contributed by atoms with Gasteiger partial charge in [-0.15, -0.1) is 0 Å². The van der Waals surface area contributed by atoms with Gasteiger partial charge in [0.2, 0.25) is 5.91 Å². The molecule has 0 radical (unpaired) electrons. The SMILES string of the molecule is CCN(Cc1ccc(OC)c(OC)c1)C(=O)CCCc1c[nH]c2ccccc12. The van der Waals surface area contributed by atoms with E-state index in [1.54, 1.807) is 14.2 Å². The minimum Gasteiger partial charge on any atom is -0.493 e. The summed E-state index contributed by atoms with van der Waals surface area (Å²) in [6, 6.07) is 14.1. The largest absolute Gasteiger partial charge is 0.493 e. The average molecular weight is 380 g/mol. The van der Waals surface area contributed by atoms with Gasteiger partial charge in [0, 0.05) is 36.6 Å². The quantitative estimate of drug-likeness (QED) is 0.592. The second-order valence-corrected chi connectivity index (χ2v) is 6.81. The van der Waals surface area contributed by atoms with Gasteiger partial charge in [0.05, 0.1) is 14.2 Å². The molecule has 5 nitrogen and oxygen atoms in total. The van der Waals surface area contributed by atoms with E-state index in [0.29, 0.717) is 31.0 Å². The molecule has 3 aromatic rings. The van der Waals surface area contributed by atoms with Crippen LogP contribution in [0.1, 0.15) is 30.9 Å². The molecule has 3 rings (SSSR count). The van der Waals surface area contributed by atoms with Gasteiger partial charge in [-0.05, 0) is 49.1 Å². The summed E-state index contributed by atoms with van der Waals surface area (Å²) in [4.78, 5) is 17.9. The maximum atomic E-state index is 12.7. The number of rotatable bonds is 9. The number of ether oxygens (including phenoxy) is 2. The summed E-state index contributed by atoms with van der Waals surface area (Å²) in [5.74, 6) is 1.55. The second-order valence-electron chi connectivity index (χ2n) is 6.81. The Bertz CT molecular complexity index is 932. The number of aromatic nitrogens is 1. The van der Waals surface area contributed by atoms with Gasteiger partial charge in [0.15, 0.2) is 11.5 Å². The van der Waals surface area contributed by atoms with Crippen LogP contribution < -0.4 is 9.47 Å². The zero-order valence-electron chi connectivity index (χ0n) is 16.8. The number of para-hydroxylation sites is 1. The van der Waals surface area contributed by atoms with Crippen LogP contribution in [0.25, 0.3) is 10.9 Å². The monoisotopic (exact) mass is 380 g/mol. The Morgan fingerprint density at radius 3 is 2.61 bits per heavy atom. The lowest BCUT2D eigenvalue weighted by molar-refractivity contribution is -0.131. The van der Waals surface area contributed by atoms with Gasteiger partial charge in [0.25, 0.3) is 0 Å². The number of hydrogen-bond acceptors (Lipinski definition) is 3. The van der Waals surface area contributed by atoms with Gasteiger partial charge >= 0.3 is 0 Å². The molecule has 0 unspecified atom stereocenters.